The Bertz CT molecular complexity index is 709. The molecule has 0 N–H and O–H groups in total. The highest BCUT2D eigenvalue weighted by atomic mass is 16.2. The van der Waals surface area contributed by atoms with Crippen molar-refractivity contribution in [3.8, 4) is 0 Å². The molecule has 0 fully saturated rings. The molecule has 0 bridgehead atoms. The number of nitrogens with zero attached hydrogens (tertiary/aromatic N) is 2. The van der Waals surface area contributed by atoms with E-state index in [1.165, 1.54) is 12.5 Å². The summed E-state index contributed by atoms with van der Waals surface area (Å²) in [6.07, 6.45) is 4.44. The van der Waals surface area contributed by atoms with Gasteiger partial charge in [-0.15, -0.1) is 0 Å². The first kappa shape index (κ1) is 13.5. The molecule has 2 heterocycles. The van der Waals surface area contributed by atoms with Crippen molar-refractivity contribution >= 4 is 17.4 Å². The van der Waals surface area contributed by atoms with Gasteiger partial charge in [-0.2, -0.15) is 4.57 Å². The molecular formula is C17H17N2O2+. The van der Waals surface area contributed by atoms with Gasteiger partial charge in [0.05, 0.1) is 5.56 Å². The lowest BCUT2D eigenvalue weighted by Gasteiger charge is -2.15. The molecule has 4 heteroatoms. The van der Waals surface area contributed by atoms with Crippen LogP contribution in [0.15, 0.2) is 48.8 Å². The summed E-state index contributed by atoms with van der Waals surface area (Å²) in [5, 5.41) is 0. The molecule has 1 aliphatic rings. The molecular weight excluding hydrogens is 264 g/mol. The molecule has 21 heavy (non-hydrogen) atoms. The molecule has 0 saturated heterocycles. The predicted molar refractivity (Wildman–Crippen MR) is 79.1 cm³/mol. The first-order valence-corrected chi connectivity index (χ1v) is 7.03. The molecule has 3 rings (SSSR count). The quantitative estimate of drug-likeness (QED) is 0.635. The average Bonchev–Trinajstić information content (AvgIpc) is 2.91. The largest absolute Gasteiger partial charge is 0.306 e. The Hall–Kier alpha value is -2.49. The summed E-state index contributed by atoms with van der Waals surface area (Å²) >= 11 is 0. The molecule has 1 amide bonds. The first-order chi connectivity index (χ1) is 10.1. The number of carbonyl (C=O) groups is 2. The number of carbonyl (C=O) groups excluding carboxylic acids is 2. The highest BCUT2D eigenvalue weighted by Gasteiger charge is 2.26. The Kier molecular flexibility index (Phi) is 3.52. The van der Waals surface area contributed by atoms with E-state index in [9.17, 15) is 9.59 Å². The van der Waals surface area contributed by atoms with E-state index in [1.807, 2.05) is 29.3 Å². The van der Waals surface area contributed by atoms with Crippen molar-refractivity contribution in [3.05, 3.63) is 59.9 Å². The Balaban J connectivity index is 1.79. The zero-order valence-electron chi connectivity index (χ0n) is 12.0. The van der Waals surface area contributed by atoms with Gasteiger partial charge in [0.15, 0.2) is 18.2 Å². The highest BCUT2D eigenvalue weighted by molar-refractivity contribution is 5.95. The van der Waals surface area contributed by atoms with Crippen molar-refractivity contribution < 1.29 is 14.2 Å². The van der Waals surface area contributed by atoms with Crippen LogP contribution in [0, 0.1) is 0 Å². The van der Waals surface area contributed by atoms with Crippen molar-refractivity contribution in [2.24, 2.45) is 0 Å². The monoisotopic (exact) mass is 281 g/mol. The third kappa shape index (κ3) is 2.70. The van der Waals surface area contributed by atoms with Gasteiger partial charge in [-0.05, 0) is 31.0 Å². The van der Waals surface area contributed by atoms with Gasteiger partial charge in [-0.25, -0.2) is 0 Å². The smallest absolute Gasteiger partial charge is 0.292 e. The number of amides is 1. The van der Waals surface area contributed by atoms with Crippen LogP contribution in [0.5, 0.6) is 0 Å². The van der Waals surface area contributed by atoms with Gasteiger partial charge in [-0.3, -0.25) is 9.59 Å². The average molecular weight is 281 g/mol. The van der Waals surface area contributed by atoms with Crippen LogP contribution >= 0.6 is 0 Å². The minimum atomic E-state index is 0.00307. The standard InChI is InChI=1S/C17H17N2O2/c1-13(20)15-6-4-9-18(11-15)12-17(21)19-10-8-14-5-2-3-7-16(14)19/h2-7,9,11H,8,10,12H2,1H3/q+1. The molecule has 0 atom stereocenters. The van der Waals surface area contributed by atoms with E-state index in [0.29, 0.717) is 5.56 Å². The fourth-order valence-corrected chi connectivity index (χ4v) is 2.67. The second-order valence-electron chi connectivity index (χ2n) is 5.25. The van der Waals surface area contributed by atoms with Crippen LogP contribution in [0.4, 0.5) is 5.69 Å². The highest BCUT2D eigenvalue weighted by Crippen LogP contribution is 2.27. The lowest BCUT2D eigenvalue weighted by atomic mass is 10.2. The molecule has 0 aliphatic carbocycles. The van der Waals surface area contributed by atoms with Crippen LogP contribution in [0.2, 0.25) is 0 Å². The molecule has 1 aromatic carbocycles. The normalized spacial score (nSPS) is 13.1. The van der Waals surface area contributed by atoms with Gasteiger partial charge in [0.1, 0.15) is 0 Å². The summed E-state index contributed by atoms with van der Waals surface area (Å²) in [5.41, 5.74) is 2.84. The predicted octanol–water partition coefficient (Wildman–Crippen LogP) is 1.77. The summed E-state index contributed by atoms with van der Waals surface area (Å²) in [5.74, 6) is 0.0500. The minimum absolute atomic E-state index is 0.00307. The Morgan fingerprint density at radius 1 is 1.19 bits per heavy atom. The maximum absolute atomic E-state index is 12.5. The van der Waals surface area contributed by atoms with E-state index in [2.05, 4.69) is 6.07 Å². The van der Waals surface area contributed by atoms with E-state index < -0.39 is 0 Å². The van der Waals surface area contributed by atoms with Crippen LogP contribution < -0.4 is 9.47 Å². The van der Waals surface area contributed by atoms with Crippen LogP contribution in [0.3, 0.4) is 0 Å². The molecule has 2 aromatic rings. The second-order valence-corrected chi connectivity index (χ2v) is 5.25. The molecule has 106 valence electrons. The van der Waals surface area contributed by atoms with E-state index >= 15 is 0 Å². The number of Topliss-reactive ketones (excluding diaryl/α,β-unsaturated/α-hetero) is 1. The number of hydrogen-bond acceptors (Lipinski definition) is 2. The van der Waals surface area contributed by atoms with Crippen LogP contribution in [-0.2, 0) is 17.8 Å². The van der Waals surface area contributed by atoms with Crippen LogP contribution in [0.25, 0.3) is 0 Å². The number of hydrogen-bond donors (Lipinski definition) is 0. The van der Waals surface area contributed by atoms with E-state index in [0.717, 1.165) is 18.7 Å². The summed E-state index contributed by atoms with van der Waals surface area (Å²) in [7, 11) is 0. The molecule has 0 radical (unpaired) electrons. The number of para-hydroxylation sites is 1. The van der Waals surface area contributed by atoms with Gasteiger partial charge in [0, 0.05) is 18.3 Å². The molecule has 1 aliphatic heterocycles. The third-order valence-electron chi connectivity index (χ3n) is 3.77. The summed E-state index contributed by atoms with van der Waals surface area (Å²) in [4.78, 5) is 25.7. The topological polar surface area (TPSA) is 41.3 Å². The lowest BCUT2D eigenvalue weighted by Crippen LogP contribution is -2.44. The molecule has 4 nitrogen and oxygen atoms in total. The van der Waals surface area contributed by atoms with E-state index in [-0.39, 0.29) is 18.2 Å². The van der Waals surface area contributed by atoms with Crippen molar-refractivity contribution in [1.82, 2.24) is 0 Å². The Morgan fingerprint density at radius 3 is 2.81 bits per heavy atom. The number of anilines is 1. The number of ketones is 1. The van der Waals surface area contributed by atoms with Crippen LogP contribution in [0.1, 0.15) is 22.8 Å². The molecule has 0 unspecified atom stereocenters. The fourth-order valence-electron chi connectivity index (χ4n) is 2.67. The number of fused-ring (bicyclic) bond motifs is 1. The summed E-state index contributed by atoms with van der Waals surface area (Å²) in [6, 6.07) is 11.5. The Morgan fingerprint density at radius 2 is 2.00 bits per heavy atom. The van der Waals surface area contributed by atoms with E-state index in [4.69, 9.17) is 0 Å². The number of rotatable bonds is 3. The SMILES string of the molecule is CC(=O)c1ccc[n+](CC(=O)N2CCc3ccccc32)c1. The lowest BCUT2D eigenvalue weighted by molar-refractivity contribution is -0.684. The summed E-state index contributed by atoms with van der Waals surface area (Å²) in [6.45, 7) is 2.50. The fraction of sp³-hybridized carbons (Fsp3) is 0.235. The summed E-state index contributed by atoms with van der Waals surface area (Å²) < 4.78 is 1.76. The molecule has 1 aromatic heterocycles. The van der Waals surface area contributed by atoms with Gasteiger partial charge in [0.2, 0.25) is 6.54 Å². The number of aromatic nitrogens is 1. The maximum Gasteiger partial charge on any atom is 0.292 e. The molecule has 0 saturated carbocycles. The van der Waals surface area contributed by atoms with Gasteiger partial charge in [0.25, 0.3) is 5.91 Å². The third-order valence-corrected chi connectivity index (χ3v) is 3.77. The molecule has 0 spiro atoms. The van der Waals surface area contributed by atoms with Gasteiger partial charge >= 0.3 is 0 Å². The number of pyridine rings is 1. The Labute approximate surface area is 123 Å². The van der Waals surface area contributed by atoms with Gasteiger partial charge in [-0.1, -0.05) is 18.2 Å². The number of benzene rings is 1. The zero-order chi connectivity index (χ0) is 14.8. The van der Waals surface area contributed by atoms with Crippen LogP contribution in [-0.4, -0.2) is 18.2 Å². The minimum Gasteiger partial charge on any atom is -0.306 e. The van der Waals surface area contributed by atoms with E-state index in [1.54, 1.807) is 22.9 Å². The first-order valence-electron chi connectivity index (χ1n) is 7.03. The van der Waals surface area contributed by atoms with Crippen molar-refractivity contribution in [3.63, 3.8) is 0 Å². The maximum atomic E-state index is 12.5. The van der Waals surface area contributed by atoms with Crippen molar-refractivity contribution in [1.29, 1.82) is 0 Å². The van der Waals surface area contributed by atoms with Crippen molar-refractivity contribution in [2.75, 3.05) is 11.4 Å². The van der Waals surface area contributed by atoms with Gasteiger partial charge < -0.3 is 4.90 Å². The van der Waals surface area contributed by atoms with Crippen molar-refractivity contribution in [2.45, 2.75) is 19.9 Å². The zero-order valence-corrected chi connectivity index (χ0v) is 12.0. The second kappa shape index (κ2) is 5.48.